The third kappa shape index (κ3) is 3.48. The summed E-state index contributed by atoms with van der Waals surface area (Å²) in [6, 6.07) is 26.4. The molecule has 0 saturated heterocycles. The van der Waals surface area contributed by atoms with E-state index in [0.717, 1.165) is 0 Å². The molecular weight excluding hydrogens is 454 g/mol. The molecule has 0 radical (unpaired) electrons. The van der Waals surface area contributed by atoms with Gasteiger partial charge < -0.3 is 0 Å². The Kier molecular flexibility index (Phi) is 5.35. The summed E-state index contributed by atoms with van der Waals surface area (Å²) in [7, 11) is 0. The quantitative estimate of drug-likeness (QED) is 0.265. The fourth-order valence-electron chi connectivity index (χ4n) is 4.53. The van der Waals surface area contributed by atoms with Gasteiger partial charge >= 0.3 is 0 Å². The van der Waals surface area contributed by atoms with E-state index in [4.69, 9.17) is 0 Å². The van der Waals surface area contributed by atoms with Crippen LogP contribution in [0.2, 0.25) is 0 Å². The van der Waals surface area contributed by atoms with Crippen molar-refractivity contribution in [2.75, 3.05) is 0 Å². The predicted octanol–water partition coefficient (Wildman–Crippen LogP) is 6.87. The average Bonchev–Trinajstić information content (AvgIpc) is 3.21. The van der Waals surface area contributed by atoms with Gasteiger partial charge in [0.15, 0.2) is 0 Å². The van der Waals surface area contributed by atoms with Crippen molar-refractivity contribution in [3.8, 4) is 57.7 Å². The van der Waals surface area contributed by atoms with Crippen molar-refractivity contribution in [1.82, 2.24) is 0 Å². The highest BCUT2D eigenvalue weighted by Gasteiger charge is 2.30. The molecule has 0 saturated carbocycles. The van der Waals surface area contributed by atoms with Crippen LogP contribution < -0.4 is 0 Å². The Balaban J connectivity index is 1.87. The number of nitriles is 4. The molecule has 36 heavy (non-hydrogen) atoms. The van der Waals surface area contributed by atoms with E-state index in [-0.39, 0.29) is 5.57 Å². The summed E-state index contributed by atoms with van der Waals surface area (Å²) in [5.74, 6) is -0.815. The first kappa shape index (κ1) is 22.2. The molecule has 0 N–H and O–H groups in total. The largest absolute Gasteiger partial charge is 0.207 e. The lowest BCUT2D eigenvalue weighted by Crippen LogP contribution is -1.92. The number of hydrogen-bond donors (Lipinski definition) is 0. The molecule has 1 aliphatic carbocycles. The van der Waals surface area contributed by atoms with Crippen LogP contribution in [0.1, 0.15) is 22.3 Å². The third-order valence-corrected chi connectivity index (χ3v) is 6.17. The second kappa shape index (κ2) is 8.66. The van der Waals surface area contributed by atoms with E-state index in [2.05, 4.69) is 12.1 Å². The molecule has 6 heteroatoms. The van der Waals surface area contributed by atoms with E-state index in [1.807, 2.05) is 12.1 Å². The summed E-state index contributed by atoms with van der Waals surface area (Å²) in [6.07, 6.45) is 0. The number of fused-ring (bicyclic) bond motifs is 3. The number of rotatable bonds is 2. The number of benzene rings is 4. The van der Waals surface area contributed by atoms with Gasteiger partial charge in [-0.1, -0.05) is 24.3 Å². The lowest BCUT2D eigenvalue weighted by atomic mass is 9.92. The first-order valence-corrected chi connectivity index (χ1v) is 10.7. The normalized spacial score (nSPS) is 10.9. The second-order valence-corrected chi connectivity index (χ2v) is 8.10. The van der Waals surface area contributed by atoms with E-state index in [1.165, 1.54) is 24.3 Å². The fraction of sp³-hybridized carbons (Fsp3) is 0. The van der Waals surface area contributed by atoms with E-state index >= 15 is 0 Å². The van der Waals surface area contributed by atoms with Gasteiger partial charge in [0.05, 0.1) is 23.3 Å². The first-order valence-electron chi connectivity index (χ1n) is 10.7. The Labute approximate surface area is 205 Å². The zero-order valence-corrected chi connectivity index (χ0v) is 18.5. The smallest absolute Gasteiger partial charge is 0.138 e. The van der Waals surface area contributed by atoms with E-state index < -0.39 is 11.6 Å². The van der Waals surface area contributed by atoms with Crippen LogP contribution in [-0.4, -0.2) is 0 Å². The van der Waals surface area contributed by atoms with Gasteiger partial charge in [-0.05, 0) is 81.9 Å². The van der Waals surface area contributed by atoms with E-state index in [9.17, 15) is 29.8 Å². The summed E-state index contributed by atoms with van der Waals surface area (Å²) in [5, 5.41) is 39.1. The molecule has 0 fully saturated rings. The number of halogens is 2. The molecule has 0 aliphatic heterocycles. The summed E-state index contributed by atoms with van der Waals surface area (Å²) in [5.41, 5.74) is 5.52. The standard InChI is InChI=1S/C30H12F2N4/c31-22-5-1-17(2-6-22)24-11-26-27-12-25(18-3-7-23(32)8-4-18)20(14-34)10-29(27)30(21(15-35)16-36)28(26)9-19(24)13-33/h1-12H. The van der Waals surface area contributed by atoms with Crippen molar-refractivity contribution < 1.29 is 8.78 Å². The molecule has 0 aromatic heterocycles. The van der Waals surface area contributed by atoms with Gasteiger partial charge in [0.25, 0.3) is 0 Å². The predicted molar refractivity (Wildman–Crippen MR) is 129 cm³/mol. The van der Waals surface area contributed by atoms with Gasteiger partial charge in [0, 0.05) is 16.7 Å². The van der Waals surface area contributed by atoms with Gasteiger partial charge in [0.2, 0.25) is 0 Å². The van der Waals surface area contributed by atoms with Gasteiger partial charge in [-0.25, -0.2) is 8.78 Å². The molecule has 1 aliphatic rings. The topological polar surface area (TPSA) is 95.2 Å². The fourth-order valence-corrected chi connectivity index (χ4v) is 4.53. The number of nitrogens with zero attached hydrogens (tertiary/aromatic N) is 4. The van der Waals surface area contributed by atoms with Crippen molar-refractivity contribution in [3.05, 3.63) is 112 Å². The van der Waals surface area contributed by atoms with Crippen molar-refractivity contribution in [1.29, 1.82) is 21.0 Å². The Hall–Kier alpha value is -5.56. The average molecular weight is 466 g/mol. The van der Waals surface area contributed by atoms with E-state index in [0.29, 0.717) is 61.2 Å². The Bertz CT molecular complexity index is 1640. The molecule has 166 valence electrons. The van der Waals surface area contributed by atoms with Gasteiger partial charge in [-0.15, -0.1) is 0 Å². The molecule has 0 heterocycles. The van der Waals surface area contributed by atoms with Gasteiger partial charge in [-0.2, -0.15) is 21.0 Å². The molecule has 0 amide bonds. The van der Waals surface area contributed by atoms with Crippen LogP contribution in [0.5, 0.6) is 0 Å². The highest BCUT2D eigenvalue weighted by atomic mass is 19.1. The van der Waals surface area contributed by atoms with Crippen molar-refractivity contribution >= 4 is 5.57 Å². The zero-order chi connectivity index (χ0) is 25.4. The van der Waals surface area contributed by atoms with Crippen LogP contribution in [0.4, 0.5) is 8.78 Å². The SMILES string of the molecule is N#CC(C#N)=C1c2cc(C#N)c(-c3ccc(F)cc3)cc2-c2cc(-c3ccc(F)cc3)c(C#N)cc21. The second-order valence-electron chi connectivity index (χ2n) is 8.10. The van der Waals surface area contributed by atoms with Crippen LogP contribution in [-0.2, 0) is 0 Å². The van der Waals surface area contributed by atoms with Gasteiger partial charge in [-0.3, -0.25) is 0 Å². The maximum Gasteiger partial charge on any atom is 0.138 e. The minimum Gasteiger partial charge on any atom is -0.207 e. The maximum atomic E-state index is 13.5. The summed E-state index contributed by atoms with van der Waals surface area (Å²) >= 11 is 0. The van der Waals surface area contributed by atoms with Crippen molar-refractivity contribution in [2.45, 2.75) is 0 Å². The van der Waals surface area contributed by atoms with Crippen molar-refractivity contribution in [3.63, 3.8) is 0 Å². The maximum absolute atomic E-state index is 13.5. The van der Waals surface area contributed by atoms with E-state index in [1.54, 1.807) is 48.5 Å². The highest BCUT2D eigenvalue weighted by Crippen LogP contribution is 2.49. The van der Waals surface area contributed by atoms with Crippen molar-refractivity contribution in [2.24, 2.45) is 0 Å². The Morgan fingerprint density at radius 1 is 0.500 bits per heavy atom. The van der Waals surface area contributed by atoms with Crippen LogP contribution in [0, 0.1) is 57.0 Å². The minimum atomic E-state index is -0.408. The third-order valence-electron chi connectivity index (χ3n) is 6.17. The molecule has 4 aromatic rings. The summed E-state index contributed by atoms with van der Waals surface area (Å²) in [6.45, 7) is 0. The molecule has 5 rings (SSSR count). The highest BCUT2D eigenvalue weighted by molar-refractivity contribution is 6.07. The lowest BCUT2D eigenvalue weighted by Gasteiger charge is -2.11. The molecule has 0 unspecified atom stereocenters. The molecule has 4 nitrogen and oxygen atoms in total. The monoisotopic (exact) mass is 466 g/mol. The van der Waals surface area contributed by atoms with Crippen LogP contribution in [0.25, 0.3) is 39.0 Å². The summed E-state index contributed by atoms with van der Waals surface area (Å²) in [4.78, 5) is 0. The molecule has 0 bridgehead atoms. The Morgan fingerprint density at radius 2 is 0.889 bits per heavy atom. The zero-order valence-electron chi connectivity index (χ0n) is 18.5. The molecule has 4 aromatic carbocycles. The number of allylic oxidation sites excluding steroid dienone is 1. The number of hydrogen-bond acceptors (Lipinski definition) is 4. The van der Waals surface area contributed by atoms with Crippen LogP contribution >= 0.6 is 0 Å². The van der Waals surface area contributed by atoms with Crippen LogP contribution in [0.15, 0.2) is 78.4 Å². The molecule has 0 spiro atoms. The lowest BCUT2D eigenvalue weighted by molar-refractivity contribution is 0.627. The molecule has 0 atom stereocenters. The molecular formula is C30H12F2N4. The van der Waals surface area contributed by atoms with Gasteiger partial charge in [0.1, 0.15) is 29.3 Å². The Morgan fingerprint density at radius 3 is 1.22 bits per heavy atom. The van der Waals surface area contributed by atoms with Crippen LogP contribution in [0.3, 0.4) is 0 Å². The summed E-state index contributed by atoms with van der Waals surface area (Å²) < 4.78 is 27.1. The first-order chi connectivity index (χ1) is 17.5. The minimum absolute atomic E-state index is 0.146.